The van der Waals surface area contributed by atoms with E-state index in [0.717, 1.165) is 12.1 Å². The maximum absolute atomic E-state index is 13.7. The van der Waals surface area contributed by atoms with Gasteiger partial charge in [0, 0.05) is 12.2 Å². The molecule has 116 valence electrons. The van der Waals surface area contributed by atoms with Crippen LogP contribution in [0.3, 0.4) is 0 Å². The van der Waals surface area contributed by atoms with E-state index in [1.54, 1.807) is 6.92 Å². The van der Waals surface area contributed by atoms with E-state index in [9.17, 15) is 17.6 Å². The fourth-order valence-corrected chi connectivity index (χ4v) is 2.89. The van der Waals surface area contributed by atoms with Crippen molar-refractivity contribution in [3.8, 4) is 0 Å². The third-order valence-corrected chi connectivity index (χ3v) is 4.52. The zero-order valence-electron chi connectivity index (χ0n) is 11.0. The summed E-state index contributed by atoms with van der Waals surface area (Å²) in [6.07, 6.45) is -4.04. The Bertz CT molecular complexity index is 564. The molecule has 1 heterocycles. The molecule has 2 rings (SSSR count). The number of alkyl halides is 4. The zero-order valence-corrected chi connectivity index (χ0v) is 12.6. The van der Waals surface area contributed by atoms with Gasteiger partial charge in [0.25, 0.3) is 0 Å². The van der Waals surface area contributed by atoms with Gasteiger partial charge in [-0.15, -0.1) is 23.4 Å². The van der Waals surface area contributed by atoms with Crippen molar-refractivity contribution in [2.24, 2.45) is 5.16 Å². The summed E-state index contributed by atoms with van der Waals surface area (Å²) in [5.41, 5.74) is -1.37. The summed E-state index contributed by atoms with van der Waals surface area (Å²) in [5.74, 6) is -0.420. The number of thioether (sulfide) groups is 1. The van der Waals surface area contributed by atoms with E-state index >= 15 is 0 Å². The Morgan fingerprint density at radius 2 is 2.14 bits per heavy atom. The Hall–Kier alpha value is -0.950. The first-order valence-corrected chi connectivity index (χ1v) is 7.55. The number of halogens is 5. The molecule has 0 amide bonds. The number of benzene rings is 1. The topological polar surface area (TPSA) is 21.6 Å². The third kappa shape index (κ3) is 4.03. The van der Waals surface area contributed by atoms with E-state index in [4.69, 9.17) is 16.4 Å². The summed E-state index contributed by atoms with van der Waals surface area (Å²) in [6, 6.07) is 2.52. The molecule has 0 spiro atoms. The highest BCUT2D eigenvalue weighted by Gasteiger charge is 2.34. The highest BCUT2D eigenvalue weighted by atomic mass is 35.5. The molecular formula is C13H12ClF4NOS. The molecule has 0 aliphatic carbocycles. The zero-order chi connectivity index (χ0) is 15.7. The van der Waals surface area contributed by atoms with E-state index in [2.05, 4.69) is 5.16 Å². The average molecular weight is 342 g/mol. The van der Waals surface area contributed by atoms with Gasteiger partial charge >= 0.3 is 6.18 Å². The quantitative estimate of drug-likeness (QED) is 0.581. The molecule has 0 saturated carbocycles. The van der Waals surface area contributed by atoms with Crippen LogP contribution in [0.4, 0.5) is 17.6 Å². The van der Waals surface area contributed by atoms with Gasteiger partial charge in [-0.1, -0.05) is 11.2 Å². The van der Waals surface area contributed by atoms with Gasteiger partial charge in [-0.25, -0.2) is 4.39 Å². The Labute approximate surface area is 128 Å². The lowest BCUT2D eigenvalue weighted by Gasteiger charge is -2.16. The Morgan fingerprint density at radius 3 is 2.67 bits per heavy atom. The van der Waals surface area contributed by atoms with Crippen LogP contribution in [0.5, 0.6) is 0 Å². The van der Waals surface area contributed by atoms with Crippen molar-refractivity contribution in [1.82, 2.24) is 0 Å². The molecule has 1 aromatic rings. The van der Waals surface area contributed by atoms with E-state index in [1.807, 2.05) is 0 Å². The van der Waals surface area contributed by atoms with Crippen LogP contribution in [-0.4, -0.2) is 16.5 Å². The van der Waals surface area contributed by atoms with Gasteiger partial charge < -0.3 is 4.84 Å². The molecule has 0 radical (unpaired) electrons. The minimum Gasteiger partial charge on any atom is -0.387 e. The first kappa shape index (κ1) is 16.4. The summed E-state index contributed by atoms with van der Waals surface area (Å²) < 4.78 is 51.0. The monoisotopic (exact) mass is 341 g/mol. The molecule has 0 N–H and O–H groups in total. The number of oxime groups is 1. The van der Waals surface area contributed by atoms with Crippen molar-refractivity contribution in [2.75, 3.05) is 5.88 Å². The maximum Gasteiger partial charge on any atom is 0.416 e. The number of nitrogens with zero attached hydrogens (tertiary/aromatic N) is 1. The molecule has 21 heavy (non-hydrogen) atoms. The Balaban J connectivity index is 1.99. The van der Waals surface area contributed by atoms with Gasteiger partial charge in [0.2, 0.25) is 0 Å². The second-order valence-electron chi connectivity index (χ2n) is 4.93. The van der Waals surface area contributed by atoms with E-state index in [1.165, 1.54) is 11.8 Å². The molecule has 0 saturated heterocycles. The second-order valence-corrected chi connectivity index (χ2v) is 6.25. The van der Waals surface area contributed by atoms with Crippen molar-refractivity contribution in [2.45, 2.75) is 30.9 Å². The summed E-state index contributed by atoms with van der Waals surface area (Å²) in [7, 11) is 0. The molecule has 0 fully saturated rings. The van der Waals surface area contributed by atoms with Crippen LogP contribution in [0.1, 0.15) is 24.5 Å². The lowest BCUT2D eigenvalue weighted by Crippen LogP contribution is -2.26. The Kier molecular flexibility index (Phi) is 4.72. The predicted molar refractivity (Wildman–Crippen MR) is 75.0 cm³/mol. The molecule has 0 bridgehead atoms. The molecule has 1 aliphatic heterocycles. The largest absolute Gasteiger partial charge is 0.416 e. The van der Waals surface area contributed by atoms with E-state index < -0.39 is 23.2 Å². The fraction of sp³-hybridized carbons (Fsp3) is 0.462. The van der Waals surface area contributed by atoms with Crippen LogP contribution in [0.2, 0.25) is 0 Å². The normalized spacial score (nSPS) is 22.1. The molecule has 1 aliphatic rings. The summed E-state index contributed by atoms with van der Waals surface area (Å²) >= 11 is 6.97. The van der Waals surface area contributed by atoms with E-state index in [0.29, 0.717) is 17.5 Å². The van der Waals surface area contributed by atoms with Crippen molar-refractivity contribution in [3.05, 3.63) is 35.1 Å². The van der Waals surface area contributed by atoms with Crippen LogP contribution < -0.4 is 0 Å². The lowest BCUT2D eigenvalue weighted by molar-refractivity contribution is -0.137. The first-order valence-electron chi connectivity index (χ1n) is 6.03. The summed E-state index contributed by atoms with van der Waals surface area (Å²) in [5, 5.41) is 4.50. The van der Waals surface area contributed by atoms with Gasteiger partial charge in [0.05, 0.1) is 11.4 Å². The van der Waals surface area contributed by atoms with Gasteiger partial charge in [0.1, 0.15) is 10.9 Å². The number of rotatable bonds is 3. The first-order chi connectivity index (χ1) is 9.73. The van der Waals surface area contributed by atoms with Crippen molar-refractivity contribution < 1.29 is 22.4 Å². The SMILES string of the molecule is CC1(CCl)CC(SCc2ccc(C(F)(F)F)cc2F)=NO1. The maximum atomic E-state index is 13.7. The lowest BCUT2D eigenvalue weighted by atomic mass is 10.1. The van der Waals surface area contributed by atoms with Crippen LogP contribution in [0.15, 0.2) is 23.4 Å². The molecule has 1 aromatic carbocycles. The van der Waals surface area contributed by atoms with Crippen LogP contribution in [0.25, 0.3) is 0 Å². The molecule has 1 atom stereocenters. The van der Waals surface area contributed by atoms with Crippen molar-refractivity contribution in [1.29, 1.82) is 0 Å². The third-order valence-electron chi connectivity index (χ3n) is 2.95. The standard InChI is InChI=1S/C13H12ClF4NOS/c1-12(7-14)5-11(19-20-12)21-6-8-2-3-9(4-10(8)15)13(16,17)18/h2-4H,5-7H2,1H3. The second kappa shape index (κ2) is 6.04. The number of hydrogen-bond donors (Lipinski definition) is 0. The molecule has 8 heteroatoms. The predicted octanol–water partition coefficient (Wildman–Crippen LogP) is 4.81. The van der Waals surface area contributed by atoms with Crippen LogP contribution in [-0.2, 0) is 16.8 Å². The van der Waals surface area contributed by atoms with Crippen molar-refractivity contribution in [3.63, 3.8) is 0 Å². The smallest absolute Gasteiger partial charge is 0.387 e. The Morgan fingerprint density at radius 1 is 1.43 bits per heavy atom. The highest BCUT2D eigenvalue weighted by Crippen LogP contribution is 2.33. The van der Waals surface area contributed by atoms with Gasteiger partial charge in [0.15, 0.2) is 5.60 Å². The molecular weight excluding hydrogens is 330 g/mol. The summed E-state index contributed by atoms with van der Waals surface area (Å²) in [6.45, 7) is 1.80. The minimum atomic E-state index is -4.54. The van der Waals surface area contributed by atoms with Crippen LogP contribution >= 0.6 is 23.4 Å². The molecule has 0 aromatic heterocycles. The van der Waals surface area contributed by atoms with Gasteiger partial charge in [-0.2, -0.15) is 13.2 Å². The fourth-order valence-electron chi connectivity index (χ4n) is 1.70. The number of hydrogen-bond acceptors (Lipinski definition) is 3. The van der Waals surface area contributed by atoms with Gasteiger partial charge in [-0.3, -0.25) is 0 Å². The molecule has 2 nitrogen and oxygen atoms in total. The van der Waals surface area contributed by atoms with Crippen LogP contribution in [0, 0.1) is 5.82 Å². The summed E-state index contributed by atoms with van der Waals surface area (Å²) in [4.78, 5) is 5.18. The minimum absolute atomic E-state index is 0.185. The van der Waals surface area contributed by atoms with Crippen molar-refractivity contribution >= 4 is 28.4 Å². The van der Waals surface area contributed by atoms with Gasteiger partial charge in [-0.05, 0) is 24.6 Å². The molecule has 1 unspecified atom stereocenters. The van der Waals surface area contributed by atoms with E-state index in [-0.39, 0.29) is 17.2 Å². The highest BCUT2D eigenvalue weighted by molar-refractivity contribution is 8.13. The average Bonchev–Trinajstić information content (AvgIpc) is 2.79.